The molecular formula is C17H33N3O3. The minimum Gasteiger partial charge on any atom is -0.444 e. The highest BCUT2D eigenvalue weighted by Crippen LogP contribution is 2.26. The van der Waals surface area contributed by atoms with Crippen LogP contribution in [0.4, 0.5) is 4.79 Å². The fraction of sp³-hybridized carbons (Fsp3) is 0.882. The number of hydrogen-bond donors (Lipinski definition) is 3. The lowest BCUT2D eigenvalue weighted by atomic mass is 9.91. The minimum absolute atomic E-state index is 0.0337. The summed E-state index contributed by atoms with van der Waals surface area (Å²) in [5, 5.41) is 9.07. The number of nitrogens with one attached hydrogen (secondary N) is 3. The Hall–Kier alpha value is -1.30. The number of alkyl carbamates (subject to hydrolysis) is 1. The molecule has 0 heterocycles. The maximum Gasteiger partial charge on any atom is 0.407 e. The van der Waals surface area contributed by atoms with E-state index in [-0.39, 0.29) is 12.0 Å². The first-order valence-electron chi connectivity index (χ1n) is 8.47. The first-order valence-corrected chi connectivity index (χ1v) is 8.47. The summed E-state index contributed by atoms with van der Waals surface area (Å²) >= 11 is 0. The summed E-state index contributed by atoms with van der Waals surface area (Å²) in [6.45, 7) is 10.7. The van der Waals surface area contributed by atoms with E-state index in [9.17, 15) is 9.59 Å². The second-order valence-electron chi connectivity index (χ2n) is 8.02. The highest BCUT2D eigenvalue weighted by atomic mass is 16.6. The summed E-state index contributed by atoms with van der Waals surface area (Å²) in [4.78, 5) is 23.6. The molecule has 0 aromatic carbocycles. The minimum atomic E-state index is -0.477. The predicted octanol–water partition coefficient (Wildman–Crippen LogP) is 2.04. The molecule has 1 fully saturated rings. The normalized spacial score (nSPS) is 21.8. The molecule has 134 valence electrons. The van der Waals surface area contributed by atoms with Gasteiger partial charge in [0.15, 0.2) is 0 Å². The molecule has 0 spiro atoms. The van der Waals surface area contributed by atoms with Crippen LogP contribution in [0.5, 0.6) is 0 Å². The van der Waals surface area contributed by atoms with Crippen molar-refractivity contribution < 1.29 is 14.3 Å². The summed E-state index contributed by atoms with van der Waals surface area (Å²) in [5.74, 6) is 0.412. The molecule has 0 aromatic heterocycles. The van der Waals surface area contributed by atoms with Crippen LogP contribution in [0.25, 0.3) is 0 Å². The van der Waals surface area contributed by atoms with Crippen LogP contribution in [0.3, 0.4) is 0 Å². The molecule has 1 aliphatic carbocycles. The summed E-state index contributed by atoms with van der Waals surface area (Å²) in [7, 11) is 1.66. The zero-order valence-electron chi connectivity index (χ0n) is 15.4. The van der Waals surface area contributed by atoms with Crippen LogP contribution >= 0.6 is 0 Å². The van der Waals surface area contributed by atoms with Crippen LogP contribution in [0, 0.1) is 11.3 Å². The Morgan fingerprint density at radius 3 is 2.35 bits per heavy atom. The topological polar surface area (TPSA) is 79.5 Å². The zero-order valence-corrected chi connectivity index (χ0v) is 15.4. The molecule has 6 nitrogen and oxygen atoms in total. The molecule has 2 atom stereocenters. The maximum absolute atomic E-state index is 11.8. The lowest BCUT2D eigenvalue weighted by molar-refractivity contribution is -0.128. The van der Waals surface area contributed by atoms with Crippen molar-refractivity contribution in [2.75, 3.05) is 20.1 Å². The van der Waals surface area contributed by atoms with E-state index in [0.29, 0.717) is 25.0 Å². The molecule has 23 heavy (non-hydrogen) atoms. The van der Waals surface area contributed by atoms with E-state index in [1.54, 1.807) is 7.05 Å². The van der Waals surface area contributed by atoms with Gasteiger partial charge in [-0.15, -0.1) is 0 Å². The van der Waals surface area contributed by atoms with Crippen LogP contribution in [-0.2, 0) is 9.53 Å². The number of carbonyl (C=O) groups excluding carboxylic acids is 2. The Bertz CT molecular complexity index is 416. The Labute approximate surface area is 140 Å². The first-order chi connectivity index (χ1) is 10.5. The van der Waals surface area contributed by atoms with Crippen molar-refractivity contribution in [3.8, 4) is 0 Å². The fourth-order valence-corrected chi connectivity index (χ4v) is 2.88. The van der Waals surface area contributed by atoms with Crippen molar-refractivity contribution in [1.29, 1.82) is 0 Å². The van der Waals surface area contributed by atoms with Gasteiger partial charge >= 0.3 is 6.09 Å². The highest BCUT2D eigenvalue weighted by Gasteiger charge is 2.32. The lowest BCUT2D eigenvalue weighted by Gasteiger charge is -2.28. The third-order valence-corrected chi connectivity index (χ3v) is 4.21. The van der Waals surface area contributed by atoms with Gasteiger partial charge in [0.1, 0.15) is 5.60 Å². The molecule has 1 rings (SSSR count). The SMILES string of the molecule is CNC(=O)C(C)(C)CNC1CCCC1CNC(=O)OC(C)(C)C. The van der Waals surface area contributed by atoms with Gasteiger partial charge in [0.05, 0.1) is 5.41 Å². The summed E-state index contributed by atoms with van der Waals surface area (Å²) in [5.41, 5.74) is -0.921. The summed E-state index contributed by atoms with van der Waals surface area (Å²) in [6, 6.07) is 0.328. The van der Waals surface area contributed by atoms with Crippen LogP contribution < -0.4 is 16.0 Å². The smallest absolute Gasteiger partial charge is 0.407 e. The average Bonchev–Trinajstić information content (AvgIpc) is 2.87. The van der Waals surface area contributed by atoms with Gasteiger partial charge in [-0.05, 0) is 53.4 Å². The van der Waals surface area contributed by atoms with E-state index in [0.717, 1.165) is 19.3 Å². The van der Waals surface area contributed by atoms with Crippen molar-refractivity contribution in [2.45, 2.75) is 65.5 Å². The molecule has 3 N–H and O–H groups in total. The number of hydrogen-bond acceptors (Lipinski definition) is 4. The third-order valence-electron chi connectivity index (χ3n) is 4.21. The second-order valence-corrected chi connectivity index (χ2v) is 8.02. The molecule has 0 saturated heterocycles. The molecule has 0 bridgehead atoms. The van der Waals surface area contributed by atoms with Crippen LogP contribution in [0.2, 0.25) is 0 Å². The number of carbonyl (C=O) groups is 2. The van der Waals surface area contributed by atoms with Crippen molar-refractivity contribution in [2.24, 2.45) is 11.3 Å². The highest BCUT2D eigenvalue weighted by molar-refractivity contribution is 5.81. The largest absolute Gasteiger partial charge is 0.444 e. The van der Waals surface area contributed by atoms with Crippen LogP contribution in [0.15, 0.2) is 0 Å². The van der Waals surface area contributed by atoms with E-state index in [1.807, 2.05) is 34.6 Å². The second kappa shape index (κ2) is 7.99. The number of rotatable bonds is 6. The molecule has 1 aliphatic rings. The van der Waals surface area contributed by atoms with Gasteiger partial charge in [0.2, 0.25) is 5.91 Å². The standard InChI is InChI=1S/C17H33N3O3/c1-16(2,3)23-15(22)19-10-12-8-7-9-13(12)20-11-17(4,5)14(21)18-6/h12-13,20H,7-11H2,1-6H3,(H,18,21)(H,19,22). The van der Waals surface area contributed by atoms with Gasteiger partial charge in [0, 0.05) is 26.2 Å². The van der Waals surface area contributed by atoms with Crippen LogP contribution in [-0.4, -0.2) is 43.8 Å². The molecule has 6 heteroatoms. The van der Waals surface area contributed by atoms with Crippen molar-refractivity contribution >= 4 is 12.0 Å². The predicted molar refractivity (Wildman–Crippen MR) is 91.2 cm³/mol. The zero-order chi connectivity index (χ0) is 17.7. The van der Waals surface area contributed by atoms with Gasteiger partial charge in [-0.1, -0.05) is 6.42 Å². The maximum atomic E-state index is 11.8. The lowest BCUT2D eigenvalue weighted by Crippen LogP contribution is -2.47. The van der Waals surface area contributed by atoms with Gasteiger partial charge in [-0.3, -0.25) is 4.79 Å². The van der Waals surface area contributed by atoms with Gasteiger partial charge in [-0.2, -0.15) is 0 Å². The third kappa shape index (κ3) is 6.77. The molecule has 0 aliphatic heterocycles. The number of amides is 2. The van der Waals surface area contributed by atoms with Gasteiger partial charge in [-0.25, -0.2) is 4.79 Å². The van der Waals surface area contributed by atoms with E-state index in [4.69, 9.17) is 4.74 Å². The summed E-state index contributed by atoms with van der Waals surface area (Å²) < 4.78 is 5.27. The monoisotopic (exact) mass is 327 g/mol. The van der Waals surface area contributed by atoms with Crippen molar-refractivity contribution in [3.63, 3.8) is 0 Å². The van der Waals surface area contributed by atoms with Crippen molar-refractivity contribution in [1.82, 2.24) is 16.0 Å². The Balaban J connectivity index is 2.42. The molecule has 1 saturated carbocycles. The van der Waals surface area contributed by atoms with Gasteiger partial charge < -0.3 is 20.7 Å². The Kier molecular flexibility index (Phi) is 6.86. The summed E-state index contributed by atoms with van der Waals surface area (Å²) in [6.07, 6.45) is 2.92. The molecule has 2 amide bonds. The molecule has 2 unspecified atom stereocenters. The van der Waals surface area contributed by atoms with Crippen molar-refractivity contribution in [3.05, 3.63) is 0 Å². The quantitative estimate of drug-likeness (QED) is 0.697. The van der Waals surface area contributed by atoms with E-state index in [2.05, 4.69) is 16.0 Å². The Morgan fingerprint density at radius 1 is 1.13 bits per heavy atom. The average molecular weight is 327 g/mol. The number of ether oxygens (including phenoxy) is 1. The van der Waals surface area contributed by atoms with Crippen LogP contribution in [0.1, 0.15) is 53.9 Å². The first kappa shape index (κ1) is 19.7. The van der Waals surface area contributed by atoms with E-state index < -0.39 is 11.0 Å². The molecule has 0 radical (unpaired) electrons. The molecular weight excluding hydrogens is 294 g/mol. The van der Waals surface area contributed by atoms with Gasteiger partial charge in [0.25, 0.3) is 0 Å². The fourth-order valence-electron chi connectivity index (χ4n) is 2.88. The molecule has 0 aromatic rings. The Morgan fingerprint density at radius 2 is 1.78 bits per heavy atom. The van der Waals surface area contributed by atoms with E-state index >= 15 is 0 Å². The van der Waals surface area contributed by atoms with E-state index in [1.165, 1.54) is 0 Å².